The summed E-state index contributed by atoms with van der Waals surface area (Å²) in [6, 6.07) is 1.80. The van der Waals surface area contributed by atoms with Crippen molar-refractivity contribution in [3.63, 3.8) is 0 Å². The third-order valence-corrected chi connectivity index (χ3v) is 3.83. The third kappa shape index (κ3) is 6.46. The largest absolute Gasteiger partial charge is 0.459 e. The maximum Gasteiger partial charge on any atom is 0.325 e. The number of rotatable bonds is 6. The van der Waals surface area contributed by atoms with Crippen LogP contribution in [0.1, 0.15) is 51.9 Å². The van der Waals surface area contributed by atoms with Crippen LogP contribution in [0.4, 0.5) is 5.82 Å². The molecule has 0 radical (unpaired) electrons. The van der Waals surface area contributed by atoms with Crippen LogP contribution in [0, 0.1) is 6.92 Å². The average molecular weight is 437 g/mol. The summed E-state index contributed by atoms with van der Waals surface area (Å²) in [7, 11) is 0. The van der Waals surface area contributed by atoms with Crippen LogP contribution in [-0.2, 0) is 9.53 Å². The molecule has 2 heterocycles. The van der Waals surface area contributed by atoms with Crippen LogP contribution in [0.2, 0.25) is 0 Å². The normalized spacial score (nSPS) is 11.4. The van der Waals surface area contributed by atoms with E-state index < -0.39 is 5.60 Å². The molecule has 0 unspecified atom stereocenters. The fourth-order valence-corrected chi connectivity index (χ4v) is 2.57. The summed E-state index contributed by atoms with van der Waals surface area (Å²) < 4.78 is 12.0. The van der Waals surface area contributed by atoms with Crippen molar-refractivity contribution in [2.45, 2.75) is 53.1 Å². The SMILES string of the molecule is Cc1ncc(Oc2cc(Br)ncc2C(C)C)c(NCC(=O)OC(C)(C)C)n1. The van der Waals surface area contributed by atoms with Gasteiger partial charge in [-0.2, -0.15) is 0 Å². The standard InChI is InChI=1S/C19H25BrN4O3/c1-11(2)13-8-22-16(20)7-14(13)26-15-9-21-12(3)24-18(15)23-10-17(25)27-19(4,5)6/h7-9,11H,10H2,1-6H3,(H,21,23,24). The topological polar surface area (TPSA) is 86.2 Å². The summed E-state index contributed by atoms with van der Waals surface area (Å²) in [6.45, 7) is 11.3. The lowest BCUT2D eigenvalue weighted by Crippen LogP contribution is -2.28. The predicted octanol–water partition coefficient (Wildman–Crippen LogP) is 4.61. The third-order valence-electron chi connectivity index (χ3n) is 3.40. The van der Waals surface area contributed by atoms with Gasteiger partial charge < -0.3 is 14.8 Å². The minimum Gasteiger partial charge on any atom is -0.459 e. The van der Waals surface area contributed by atoms with E-state index in [1.54, 1.807) is 25.4 Å². The van der Waals surface area contributed by atoms with Gasteiger partial charge in [-0.15, -0.1) is 0 Å². The Morgan fingerprint density at radius 1 is 1.22 bits per heavy atom. The molecule has 0 aliphatic rings. The van der Waals surface area contributed by atoms with Crippen LogP contribution in [0.3, 0.4) is 0 Å². The second kappa shape index (κ2) is 8.65. The molecule has 1 N–H and O–H groups in total. The number of anilines is 1. The zero-order valence-corrected chi connectivity index (χ0v) is 18.0. The Morgan fingerprint density at radius 3 is 2.56 bits per heavy atom. The number of hydrogen-bond acceptors (Lipinski definition) is 7. The van der Waals surface area contributed by atoms with Gasteiger partial charge in [-0.05, 0) is 49.5 Å². The van der Waals surface area contributed by atoms with Crippen molar-refractivity contribution >= 4 is 27.7 Å². The lowest BCUT2D eigenvalue weighted by atomic mass is 10.1. The quantitative estimate of drug-likeness (QED) is 0.522. The van der Waals surface area contributed by atoms with E-state index in [1.807, 2.05) is 20.8 Å². The van der Waals surface area contributed by atoms with Gasteiger partial charge in [0.1, 0.15) is 28.3 Å². The molecule has 8 heteroatoms. The Morgan fingerprint density at radius 2 is 1.93 bits per heavy atom. The summed E-state index contributed by atoms with van der Waals surface area (Å²) >= 11 is 3.37. The number of nitrogens with zero attached hydrogens (tertiary/aromatic N) is 3. The van der Waals surface area contributed by atoms with Crippen molar-refractivity contribution in [1.82, 2.24) is 15.0 Å². The molecule has 0 aromatic carbocycles. The predicted molar refractivity (Wildman–Crippen MR) is 107 cm³/mol. The van der Waals surface area contributed by atoms with E-state index in [2.05, 4.69) is 50.0 Å². The van der Waals surface area contributed by atoms with Crippen LogP contribution in [0.25, 0.3) is 0 Å². The number of carbonyl (C=O) groups is 1. The smallest absolute Gasteiger partial charge is 0.325 e. The number of carbonyl (C=O) groups excluding carboxylic acids is 1. The molecular weight excluding hydrogens is 412 g/mol. The van der Waals surface area contributed by atoms with Crippen molar-refractivity contribution in [2.75, 3.05) is 11.9 Å². The Hall–Kier alpha value is -2.22. The number of nitrogens with one attached hydrogen (secondary N) is 1. The number of ether oxygens (including phenoxy) is 2. The number of aryl methyl sites for hydroxylation is 1. The first kappa shape index (κ1) is 21.1. The highest BCUT2D eigenvalue weighted by Gasteiger charge is 2.18. The Labute approximate surface area is 168 Å². The summed E-state index contributed by atoms with van der Waals surface area (Å²) in [4.78, 5) is 24.8. The summed E-state index contributed by atoms with van der Waals surface area (Å²) in [5.41, 5.74) is 0.409. The van der Waals surface area contributed by atoms with E-state index in [4.69, 9.17) is 9.47 Å². The van der Waals surface area contributed by atoms with E-state index in [9.17, 15) is 4.79 Å². The van der Waals surface area contributed by atoms with Gasteiger partial charge in [-0.1, -0.05) is 13.8 Å². The van der Waals surface area contributed by atoms with Crippen molar-refractivity contribution in [2.24, 2.45) is 0 Å². The Bertz CT molecular complexity index is 819. The van der Waals surface area contributed by atoms with Gasteiger partial charge in [-0.25, -0.2) is 15.0 Å². The number of hydrogen-bond donors (Lipinski definition) is 1. The molecule has 0 spiro atoms. The van der Waals surface area contributed by atoms with Gasteiger partial charge in [-0.3, -0.25) is 4.79 Å². The zero-order chi connectivity index (χ0) is 20.2. The maximum absolute atomic E-state index is 12.0. The van der Waals surface area contributed by atoms with E-state index in [-0.39, 0.29) is 18.4 Å². The minimum absolute atomic E-state index is 0.0266. The maximum atomic E-state index is 12.0. The van der Waals surface area contributed by atoms with Gasteiger partial charge in [0.2, 0.25) is 0 Å². The van der Waals surface area contributed by atoms with E-state index >= 15 is 0 Å². The first-order valence-corrected chi connectivity index (χ1v) is 9.47. The molecule has 7 nitrogen and oxygen atoms in total. The van der Waals surface area contributed by atoms with Gasteiger partial charge in [0.05, 0.1) is 6.20 Å². The van der Waals surface area contributed by atoms with Gasteiger partial charge in [0.25, 0.3) is 0 Å². The van der Waals surface area contributed by atoms with Crippen LogP contribution in [0.5, 0.6) is 11.5 Å². The second-order valence-electron chi connectivity index (χ2n) is 7.37. The Balaban J connectivity index is 2.24. The molecule has 0 aliphatic carbocycles. The van der Waals surface area contributed by atoms with Crippen molar-refractivity contribution in [1.29, 1.82) is 0 Å². The monoisotopic (exact) mass is 436 g/mol. The highest BCUT2D eigenvalue weighted by atomic mass is 79.9. The fourth-order valence-electron chi connectivity index (χ4n) is 2.26. The van der Waals surface area contributed by atoms with Crippen molar-refractivity contribution in [3.8, 4) is 11.5 Å². The molecule has 0 saturated heterocycles. The average Bonchev–Trinajstić information content (AvgIpc) is 2.53. The summed E-state index contributed by atoms with van der Waals surface area (Å²) in [6.07, 6.45) is 3.35. The van der Waals surface area contributed by atoms with Crippen molar-refractivity contribution in [3.05, 3.63) is 34.5 Å². The molecule has 2 aromatic rings. The molecular formula is C19H25BrN4O3. The highest BCUT2D eigenvalue weighted by Crippen LogP contribution is 2.34. The van der Waals surface area contributed by atoms with Gasteiger partial charge in [0.15, 0.2) is 11.6 Å². The molecule has 2 rings (SSSR count). The van der Waals surface area contributed by atoms with Crippen LogP contribution in [0.15, 0.2) is 23.1 Å². The van der Waals surface area contributed by atoms with Crippen LogP contribution in [-0.4, -0.2) is 33.1 Å². The Kier molecular flexibility index (Phi) is 6.75. The van der Waals surface area contributed by atoms with E-state index in [0.29, 0.717) is 27.7 Å². The molecule has 146 valence electrons. The molecule has 0 aliphatic heterocycles. The first-order chi connectivity index (χ1) is 12.5. The van der Waals surface area contributed by atoms with Crippen LogP contribution >= 0.6 is 15.9 Å². The molecule has 0 bridgehead atoms. The van der Waals surface area contributed by atoms with Gasteiger partial charge in [0, 0.05) is 17.8 Å². The lowest BCUT2D eigenvalue weighted by molar-refractivity contribution is -0.152. The highest BCUT2D eigenvalue weighted by molar-refractivity contribution is 9.10. The number of pyridine rings is 1. The zero-order valence-electron chi connectivity index (χ0n) is 16.5. The molecule has 0 fully saturated rings. The molecule has 0 saturated carbocycles. The summed E-state index contributed by atoms with van der Waals surface area (Å²) in [5, 5.41) is 2.98. The number of esters is 1. The van der Waals surface area contributed by atoms with Crippen molar-refractivity contribution < 1.29 is 14.3 Å². The lowest BCUT2D eigenvalue weighted by Gasteiger charge is -2.20. The minimum atomic E-state index is -0.546. The van der Waals surface area contributed by atoms with E-state index in [1.165, 1.54) is 0 Å². The summed E-state index contributed by atoms with van der Waals surface area (Å²) in [5.74, 6) is 1.92. The number of halogens is 1. The number of aromatic nitrogens is 3. The van der Waals surface area contributed by atoms with Crippen LogP contribution < -0.4 is 10.1 Å². The molecule has 2 aromatic heterocycles. The second-order valence-corrected chi connectivity index (χ2v) is 8.18. The molecule has 27 heavy (non-hydrogen) atoms. The van der Waals surface area contributed by atoms with E-state index in [0.717, 1.165) is 5.56 Å². The fraction of sp³-hybridized carbons (Fsp3) is 0.474. The molecule has 0 amide bonds. The molecule has 0 atom stereocenters. The first-order valence-electron chi connectivity index (χ1n) is 8.68. The van der Waals surface area contributed by atoms with Gasteiger partial charge >= 0.3 is 5.97 Å².